The molecule has 2 aromatic carbocycles. The van der Waals surface area contributed by atoms with E-state index in [0.717, 1.165) is 10.4 Å². The Labute approximate surface area is 239 Å². The number of benzene rings is 2. The minimum atomic E-state index is -3.87. The van der Waals surface area contributed by atoms with Gasteiger partial charge in [0.05, 0.1) is 25.2 Å². The summed E-state index contributed by atoms with van der Waals surface area (Å²) in [6.07, 6.45) is 2.24. The molecule has 0 saturated heterocycles. The summed E-state index contributed by atoms with van der Waals surface area (Å²) in [5, 5.41) is 14.4. The van der Waals surface area contributed by atoms with Crippen LogP contribution in [0.15, 0.2) is 88.8 Å². The molecule has 3 aromatic rings. The molecule has 0 radical (unpaired) electrons. The number of amides is 1. The quantitative estimate of drug-likeness (QED) is 0.297. The van der Waals surface area contributed by atoms with Gasteiger partial charge >= 0.3 is 0 Å². The lowest BCUT2D eigenvalue weighted by Crippen LogP contribution is -2.38. The first-order valence-electron chi connectivity index (χ1n) is 13.0. The van der Waals surface area contributed by atoms with E-state index < -0.39 is 16.3 Å². The number of carbonyl (C=O) groups excluding carboxylic acids is 1. The summed E-state index contributed by atoms with van der Waals surface area (Å²) in [5.41, 5.74) is 1.12. The number of hydrogen-bond acceptors (Lipinski definition) is 8. The molecule has 11 heteroatoms. The highest BCUT2D eigenvalue weighted by atomic mass is 32.2. The summed E-state index contributed by atoms with van der Waals surface area (Å²) in [5.74, 6) is 0.319. The topological polar surface area (TPSA) is 114 Å². The van der Waals surface area contributed by atoms with E-state index in [2.05, 4.69) is 5.32 Å². The van der Waals surface area contributed by atoms with Gasteiger partial charge in [-0.3, -0.25) is 4.79 Å². The summed E-state index contributed by atoms with van der Waals surface area (Å²) in [6.45, 7) is 0.0425. The normalized spacial score (nSPS) is 17.2. The highest BCUT2D eigenvalue weighted by Crippen LogP contribution is 2.34. The van der Waals surface area contributed by atoms with Gasteiger partial charge in [0.2, 0.25) is 16.3 Å². The average Bonchev–Trinajstić information content (AvgIpc) is 3.52. The minimum absolute atomic E-state index is 0.000765. The fourth-order valence-electron chi connectivity index (χ4n) is 4.32. The van der Waals surface area contributed by atoms with Crippen LogP contribution in [0, 0.1) is 0 Å². The van der Waals surface area contributed by atoms with Crippen LogP contribution in [0.1, 0.15) is 22.8 Å². The van der Waals surface area contributed by atoms with Crippen molar-refractivity contribution in [3.05, 3.63) is 94.4 Å². The molecular weight excluding hydrogens is 552 g/mol. The number of aliphatic hydroxyl groups excluding tert-OH is 1. The predicted octanol–water partition coefficient (Wildman–Crippen LogP) is 3.53. The molecule has 0 spiro atoms. The van der Waals surface area contributed by atoms with Crippen LogP contribution < -0.4 is 10.1 Å². The van der Waals surface area contributed by atoms with Crippen LogP contribution in [0.2, 0.25) is 0 Å². The Kier molecular flexibility index (Phi) is 10.7. The maximum atomic E-state index is 13.2. The summed E-state index contributed by atoms with van der Waals surface area (Å²) >= 11 is 1.59. The SMILES string of the molecule is COc1ccc(S(=O)(=O)N(CCO)CCO[C@@H]2C[C@H](c3cccs3)C=C(C(=O)NCCc3ccccc3)O2)cc1. The van der Waals surface area contributed by atoms with Gasteiger partial charge < -0.3 is 24.6 Å². The molecule has 0 fully saturated rings. The van der Waals surface area contributed by atoms with Gasteiger partial charge in [0.25, 0.3) is 5.91 Å². The Bertz CT molecular complexity index is 1340. The summed E-state index contributed by atoms with van der Waals surface area (Å²) in [7, 11) is -2.37. The number of hydrogen-bond donors (Lipinski definition) is 2. The minimum Gasteiger partial charge on any atom is -0.497 e. The van der Waals surface area contributed by atoms with E-state index >= 15 is 0 Å². The predicted molar refractivity (Wildman–Crippen MR) is 153 cm³/mol. The fourth-order valence-corrected chi connectivity index (χ4v) is 6.54. The number of rotatable bonds is 14. The maximum Gasteiger partial charge on any atom is 0.286 e. The van der Waals surface area contributed by atoms with Gasteiger partial charge in [0.15, 0.2) is 5.76 Å². The van der Waals surface area contributed by atoms with Crippen molar-refractivity contribution in [1.82, 2.24) is 9.62 Å². The third-order valence-corrected chi connectivity index (χ3v) is 9.34. The molecule has 0 unspecified atom stereocenters. The van der Waals surface area contributed by atoms with Crippen molar-refractivity contribution in [1.29, 1.82) is 0 Å². The highest BCUT2D eigenvalue weighted by Gasteiger charge is 2.30. The van der Waals surface area contributed by atoms with E-state index in [1.54, 1.807) is 23.5 Å². The number of thiophene rings is 1. The molecule has 0 aliphatic carbocycles. The van der Waals surface area contributed by atoms with Crippen LogP contribution in [-0.2, 0) is 30.7 Å². The van der Waals surface area contributed by atoms with E-state index in [9.17, 15) is 18.3 Å². The molecule has 2 atom stereocenters. The van der Waals surface area contributed by atoms with Gasteiger partial charge in [-0.05, 0) is 53.8 Å². The van der Waals surface area contributed by atoms with Crippen LogP contribution in [0.4, 0.5) is 0 Å². The third kappa shape index (κ3) is 7.92. The zero-order valence-electron chi connectivity index (χ0n) is 22.3. The van der Waals surface area contributed by atoms with E-state index in [1.165, 1.54) is 23.5 Å². The lowest BCUT2D eigenvalue weighted by atomic mass is 9.99. The van der Waals surface area contributed by atoms with Crippen molar-refractivity contribution < 1.29 is 32.5 Å². The molecule has 9 nitrogen and oxygen atoms in total. The van der Waals surface area contributed by atoms with Crippen molar-refractivity contribution in [2.75, 3.05) is 40.0 Å². The van der Waals surface area contributed by atoms with Crippen LogP contribution in [0.3, 0.4) is 0 Å². The number of methoxy groups -OCH3 is 1. The van der Waals surface area contributed by atoms with Crippen LogP contribution in [0.5, 0.6) is 5.75 Å². The second-order valence-corrected chi connectivity index (χ2v) is 12.0. The van der Waals surface area contributed by atoms with Crippen molar-refractivity contribution in [3.63, 3.8) is 0 Å². The molecule has 0 bridgehead atoms. The number of carbonyl (C=O) groups is 1. The van der Waals surface area contributed by atoms with E-state index in [4.69, 9.17) is 14.2 Å². The van der Waals surface area contributed by atoms with E-state index in [0.29, 0.717) is 25.1 Å². The molecule has 40 heavy (non-hydrogen) atoms. The Morgan fingerprint density at radius 1 is 1.10 bits per heavy atom. The molecule has 2 N–H and O–H groups in total. The van der Waals surface area contributed by atoms with Gasteiger partial charge in [-0.25, -0.2) is 8.42 Å². The van der Waals surface area contributed by atoms with Crippen molar-refractivity contribution in [3.8, 4) is 5.75 Å². The second-order valence-electron chi connectivity index (χ2n) is 9.10. The first kappa shape index (κ1) is 29.8. The standard InChI is InChI=1S/C29H34N2O7S2/c1-36-24-9-11-25(12-10-24)40(34,35)31(15-17-32)16-18-37-28-21-23(27-8-5-19-39-27)20-26(38-28)29(33)30-14-13-22-6-3-2-4-7-22/h2-12,19-20,23,28,32H,13-18,21H2,1H3,(H,30,33)/t23-,28+/m1/s1. The number of ether oxygens (including phenoxy) is 3. The lowest BCUT2D eigenvalue weighted by Gasteiger charge is -2.29. The second kappa shape index (κ2) is 14.4. The Morgan fingerprint density at radius 2 is 1.88 bits per heavy atom. The van der Waals surface area contributed by atoms with Crippen LogP contribution in [0.25, 0.3) is 0 Å². The molecule has 1 aromatic heterocycles. The maximum absolute atomic E-state index is 13.2. The molecule has 214 valence electrons. The third-order valence-electron chi connectivity index (χ3n) is 6.42. The van der Waals surface area contributed by atoms with Gasteiger partial charge in [-0.1, -0.05) is 36.4 Å². The number of aliphatic hydroxyl groups is 1. The monoisotopic (exact) mass is 586 g/mol. The van der Waals surface area contributed by atoms with E-state index in [1.807, 2.05) is 53.9 Å². The number of sulfonamides is 1. The van der Waals surface area contributed by atoms with E-state index in [-0.39, 0.29) is 48.8 Å². The number of nitrogens with zero attached hydrogens (tertiary/aromatic N) is 1. The Hall–Kier alpha value is -3.22. The molecule has 4 rings (SSSR count). The first-order valence-corrected chi connectivity index (χ1v) is 15.3. The lowest BCUT2D eigenvalue weighted by molar-refractivity contribution is -0.146. The fraction of sp³-hybridized carbons (Fsp3) is 0.345. The number of allylic oxidation sites excluding steroid dienone is 1. The summed E-state index contributed by atoms with van der Waals surface area (Å²) in [4.78, 5) is 14.1. The zero-order chi connectivity index (χ0) is 28.4. The van der Waals surface area contributed by atoms with Crippen LogP contribution >= 0.6 is 11.3 Å². The number of nitrogens with one attached hydrogen (secondary N) is 1. The first-order chi connectivity index (χ1) is 19.4. The average molecular weight is 587 g/mol. The van der Waals surface area contributed by atoms with Crippen LogP contribution in [-0.4, -0.2) is 70.0 Å². The molecule has 0 saturated carbocycles. The molecule has 1 aliphatic heterocycles. The zero-order valence-corrected chi connectivity index (χ0v) is 23.9. The van der Waals surface area contributed by atoms with Crippen molar-refractivity contribution in [2.45, 2.75) is 29.9 Å². The van der Waals surface area contributed by atoms with Gasteiger partial charge in [0.1, 0.15) is 5.75 Å². The molecule has 2 heterocycles. The Morgan fingerprint density at radius 3 is 2.55 bits per heavy atom. The van der Waals surface area contributed by atoms with Gasteiger partial charge in [-0.2, -0.15) is 4.31 Å². The van der Waals surface area contributed by atoms with Crippen molar-refractivity contribution in [2.24, 2.45) is 0 Å². The Balaban J connectivity index is 1.38. The summed E-state index contributed by atoms with van der Waals surface area (Å²) < 4.78 is 44.5. The summed E-state index contributed by atoms with van der Waals surface area (Å²) in [6, 6.07) is 19.9. The highest BCUT2D eigenvalue weighted by molar-refractivity contribution is 7.89. The molecular formula is C29H34N2O7S2. The molecule has 1 amide bonds. The van der Waals surface area contributed by atoms with Gasteiger partial charge in [-0.15, -0.1) is 11.3 Å². The largest absolute Gasteiger partial charge is 0.497 e. The van der Waals surface area contributed by atoms with Gasteiger partial charge in [0, 0.05) is 36.9 Å². The smallest absolute Gasteiger partial charge is 0.286 e. The van der Waals surface area contributed by atoms with Crippen molar-refractivity contribution >= 4 is 27.3 Å². The molecule has 1 aliphatic rings.